The van der Waals surface area contributed by atoms with E-state index in [0.29, 0.717) is 5.92 Å². The van der Waals surface area contributed by atoms with Gasteiger partial charge in [-0.1, -0.05) is 18.2 Å². The molecule has 1 saturated heterocycles. The third-order valence-electron chi connectivity index (χ3n) is 4.26. The van der Waals surface area contributed by atoms with Crippen LogP contribution < -0.4 is 5.32 Å². The van der Waals surface area contributed by atoms with Crippen LogP contribution in [0.3, 0.4) is 0 Å². The van der Waals surface area contributed by atoms with Gasteiger partial charge in [-0.25, -0.2) is 4.98 Å². The van der Waals surface area contributed by atoms with Gasteiger partial charge in [-0.05, 0) is 32.0 Å². The molecule has 20 heavy (non-hydrogen) atoms. The van der Waals surface area contributed by atoms with Crippen molar-refractivity contribution in [3.05, 3.63) is 42.5 Å². The molecule has 4 nitrogen and oxygen atoms in total. The normalized spacial score (nSPS) is 16.8. The van der Waals surface area contributed by atoms with E-state index in [1.807, 2.05) is 6.33 Å². The summed E-state index contributed by atoms with van der Waals surface area (Å²) in [4.78, 5) is 11.3. The summed E-state index contributed by atoms with van der Waals surface area (Å²) >= 11 is 0. The highest BCUT2D eigenvalue weighted by Crippen LogP contribution is 2.34. The predicted octanol–water partition coefficient (Wildman–Crippen LogP) is 3.03. The largest absolute Gasteiger partial charge is 0.360 e. The van der Waals surface area contributed by atoms with Crippen LogP contribution in [0.5, 0.6) is 0 Å². The first-order valence-corrected chi connectivity index (χ1v) is 7.24. The highest BCUT2D eigenvalue weighted by atomic mass is 14.9. The summed E-state index contributed by atoms with van der Waals surface area (Å²) in [5.41, 5.74) is 4.77. The molecule has 3 heterocycles. The summed E-state index contributed by atoms with van der Waals surface area (Å²) in [7, 11) is 0. The number of para-hydroxylation sites is 1. The Labute approximate surface area is 117 Å². The molecule has 0 bridgehead atoms. The third-order valence-corrected chi connectivity index (χ3v) is 4.26. The van der Waals surface area contributed by atoms with Gasteiger partial charge in [0.15, 0.2) is 0 Å². The molecule has 0 atom stereocenters. The van der Waals surface area contributed by atoms with Gasteiger partial charge in [0.05, 0.1) is 12.0 Å². The molecule has 0 unspecified atom stereocenters. The van der Waals surface area contributed by atoms with Gasteiger partial charge in [0.2, 0.25) is 0 Å². The molecular weight excluding hydrogens is 248 g/mol. The van der Waals surface area contributed by atoms with Gasteiger partial charge in [-0.15, -0.1) is 0 Å². The van der Waals surface area contributed by atoms with Crippen LogP contribution in [-0.4, -0.2) is 28.0 Å². The van der Waals surface area contributed by atoms with Gasteiger partial charge in [-0.3, -0.25) is 0 Å². The molecule has 1 fully saturated rings. The van der Waals surface area contributed by atoms with Crippen LogP contribution in [0.1, 0.15) is 24.5 Å². The molecule has 0 amide bonds. The molecular formula is C16H18N4. The second kappa shape index (κ2) is 4.80. The molecule has 0 radical (unpaired) electrons. The van der Waals surface area contributed by atoms with E-state index in [1.165, 1.54) is 35.0 Å². The van der Waals surface area contributed by atoms with Crippen molar-refractivity contribution in [2.45, 2.75) is 18.8 Å². The van der Waals surface area contributed by atoms with Crippen LogP contribution in [0, 0.1) is 0 Å². The summed E-state index contributed by atoms with van der Waals surface area (Å²) in [6.45, 7) is 2.19. The Morgan fingerprint density at radius 2 is 1.90 bits per heavy atom. The van der Waals surface area contributed by atoms with Gasteiger partial charge in [-0.2, -0.15) is 0 Å². The van der Waals surface area contributed by atoms with E-state index in [9.17, 15) is 0 Å². The molecule has 1 aromatic carbocycles. The summed E-state index contributed by atoms with van der Waals surface area (Å²) in [5.74, 6) is 0.586. The van der Waals surface area contributed by atoms with E-state index >= 15 is 0 Å². The number of hydrogen-bond acceptors (Lipinski definition) is 2. The lowest BCUT2D eigenvalue weighted by Crippen LogP contribution is -2.27. The predicted molar refractivity (Wildman–Crippen MR) is 80.7 cm³/mol. The highest BCUT2D eigenvalue weighted by Gasteiger charge is 2.22. The molecule has 4 rings (SSSR count). The molecule has 4 heteroatoms. The minimum atomic E-state index is 0.586. The molecule has 3 aromatic rings. The molecule has 102 valence electrons. The zero-order chi connectivity index (χ0) is 13.4. The van der Waals surface area contributed by atoms with Crippen molar-refractivity contribution >= 4 is 10.9 Å². The van der Waals surface area contributed by atoms with E-state index in [2.05, 4.69) is 50.7 Å². The Morgan fingerprint density at radius 3 is 2.80 bits per heavy atom. The second-order valence-electron chi connectivity index (χ2n) is 5.44. The number of H-pyrrole nitrogens is 2. The van der Waals surface area contributed by atoms with Crippen LogP contribution in [0.25, 0.3) is 22.2 Å². The molecule has 2 aromatic heterocycles. The number of hydrogen-bond donors (Lipinski definition) is 3. The van der Waals surface area contributed by atoms with Gasteiger partial charge >= 0.3 is 0 Å². The minimum Gasteiger partial charge on any atom is -0.360 e. The lowest BCUT2D eigenvalue weighted by molar-refractivity contribution is 0.455. The van der Waals surface area contributed by atoms with Gasteiger partial charge in [0.1, 0.15) is 0 Å². The maximum Gasteiger partial charge on any atom is 0.0936 e. The van der Waals surface area contributed by atoms with E-state index in [-0.39, 0.29) is 0 Å². The van der Waals surface area contributed by atoms with Gasteiger partial charge in [0, 0.05) is 34.3 Å². The number of nitrogens with zero attached hydrogens (tertiary/aromatic N) is 1. The van der Waals surface area contributed by atoms with E-state index in [1.54, 1.807) is 0 Å². The van der Waals surface area contributed by atoms with Crippen molar-refractivity contribution in [3.8, 4) is 11.3 Å². The standard InChI is InChI=1S/C16H18N4/c1-2-4-14-12(3-1)13(9-18-14)16-15(19-10-20-16)11-5-7-17-8-6-11/h1-4,9-11,17-18H,5-8H2,(H,19,20). The number of piperidine rings is 1. The van der Waals surface area contributed by atoms with Crippen LogP contribution in [0.2, 0.25) is 0 Å². The molecule has 0 spiro atoms. The number of nitrogens with one attached hydrogen (secondary N) is 3. The Kier molecular flexibility index (Phi) is 2.81. The molecule has 3 N–H and O–H groups in total. The van der Waals surface area contributed by atoms with Crippen LogP contribution >= 0.6 is 0 Å². The van der Waals surface area contributed by atoms with Crippen molar-refractivity contribution in [1.29, 1.82) is 0 Å². The first-order valence-electron chi connectivity index (χ1n) is 7.24. The van der Waals surface area contributed by atoms with Crippen molar-refractivity contribution in [1.82, 2.24) is 20.3 Å². The summed E-state index contributed by atoms with van der Waals surface area (Å²) in [5, 5.41) is 4.67. The first kappa shape index (κ1) is 11.7. The summed E-state index contributed by atoms with van der Waals surface area (Å²) < 4.78 is 0. The van der Waals surface area contributed by atoms with E-state index in [4.69, 9.17) is 0 Å². The number of aromatic amines is 2. The van der Waals surface area contributed by atoms with Gasteiger partial charge in [0.25, 0.3) is 0 Å². The number of aromatic nitrogens is 3. The van der Waals surface area contributed by atoms with Crippen molar-refractivity contribution in [2.75, 3.05) is 13.1 Å². The fourth-order valence-electron chi connectivity index (χ4n) is 3.21. The van der Waals surface area contributed by atoms with E-state index in [0.717, 1.165) is 18.8 Å². The van der Waals surface area contributed by atoms with Crippen LogP contribution in [0.4, 0.5) is 0 Å². The third kappa shape index (κ3) is 1.84. The zero-order valence-electron chi connectivity index (χ0n) is 11.3. The van der Waals surface area contributed by atoms with Gasteiger partial charge < -0.3 is 15.3 Å². The first-order chi connectivity index (χ1) is 9.93. The topological polar surface area (TPSA) is 56.5 Å². The number of benzene rings is 1. The summed E-state index contributed by atoms with van der Waals surface area (Å²) in [6.07, 6.45) is 6.26. The average molecular weight is 266 g/mol. The van der Waals surface area contributed by atoms with Crippen LogP contribution in [-0.2, 0) is 0 Å². The van der Waals surface area contributed by atoms with Crippen LogP contribution in [0.15, 0.2) is 36.8 Å². The smallest absolute Gasteiger partial charge is 0.0936 e. The number of fused-ring (bicyclic) bond motifs is 1. The molecule has 1 aliphatic heterocycles. The summed E-state index contributed by atoms with van der Waals surface area (Å²) in [6, 6.07) is 8.40. The maximum atomic E-state index is 4.59. The lowest BCUT2D eigenvalue weighted by atomic mass is 9.92. The Balaban J connectivity index is 1.81. The SMILES string of the molecule is c1ccc2c(-c3nc[nH]c3C3CCNCC3)c[nH]c2c1. The van der Waals surface area contributed by atoms with Crippen molar-refractivity contribution in [3.63, 3.8) is 0 Å². The maximum absolute atomic E-state index is 4.59. The monoisotopic (exact) mass is 266 g/mol. The Morgan fingerprint density at radius 1 is 1.05 bits per heavy atom. The number of imidazole rings is 1. The minimum absolute atomic E-state index is 0.586. The number of rotatable bonds is 2. The second-order valence-corrected chi connectivity index (χ2v) is 5.44. The quantitative estimate of drug-likeness (QED) is 0.668. The fraction of sp³-hybridized carbons (Fsp3) is 0.312. The molecule has 1 aliphatic rings. The van der Waals surface area contributed by atoms with Crippen molar-refractivity contribution in [2.24, 2.45) is 0 Å². The Bertz CT molecular complexity index is 719. The fourth-order valence-corrected chi connectivity index (χ4v) is 3.21. The molecule has 0 saturated carbocycles. The van der Waals surface area contributed by atoms with E-state index < -0.39 is 0 Å². The van der Waals surface area contributed by atoms with Crippen molar-refractivity contribution < 1.29 is 0 Å². The Hall–Kier alpha value is -2.07. The molecule has 0 aliphatic carbocycles. The highest BCUT2D eigenvalue weighted by molar-refractivity contribution is 5.95. The lowest BCUT2D eigenvalue weighted by Gasteiger charge is -2.22. The zero-order valence-corrected chi connectivity index (χ0v) is 11.3. The average Bonchev–Trinajstić information content (AvgIpc) is 3.14.